The Morgan fingerprint density at radius 1 is 1.32 bits per heavy atom. The second-order valence-corrected chi connectivity index (χ2v) is 5.60. The van der Waals surface area contributed by atoms with Crippen molar-refractivity contribution in [2.24, 2.45) is 0 Å². The van der Waals surface area contributed by atoms with Gasteiger partial charge < -0.3 is 9.64 Å². The van der Waals surface area contributed by atoms with Gasteiger partial charge in [0.2, 0.25) is 0 Å². The summed E-state index contributed by atoms with van der Waals surface area (Å²) < 4.78 is 5.80. The van der Waals surface area contributed by atoms with E-state index in [1.54, 1.807) is 6.92 Å². The largest absolute Gasteiger partial charge is 0.481 e. The summed E-state index contributed by atoms with van der Waals surface area (Å²) in [6.45, 7) is 7.61. The molecule has 118 valence electrons. The predicted octanol–water partition coefficient (Wildman–Crippen LogP) is 1.82. The van der Waals surface area contributed by atoms with Gasteiger partial charge in [0.25, 0.3) is 5.91 Å². The van der Waals surface area contributed by atoms with Crippen molar-refractivity contribution >= 4 is 5.91 Å². The van der Waals surface area contributed by atoms with E-state index in [1.807, 2.05) is 36.1 Å². The molecule has 1 atom stereocenters. The Morgan fingerprint density at radius 2 is 2.00 bits per heavy atom. The van der Waals surface area contributed by atoms with E-state index in [2.05, 4.69) is 11.0 Å². The van der Waals surface area contributed by atoms with Crippen LogP contribution in [0.4, 0.5) is 0 Å². The van der Waals surface area contributed by atoms with Gasteiger partial charge in [-0.2, -0.15) is 5.26 Å². The molecular formula is C17H23N3O2. The number of nitriles is 1. The second-order valence-electron chi connectivity index (χ2n) is 5.60. The molecule has 1 unspecified atom stereocenters. The fourth-order valence-corrected chi connectivity index (χ4v) is 2.59. The number of para-hydroxylation sites is 1. The van der Waals surface area contributed by atoms with E-state index in [0.717, 1.165) is 30.9 Å². The molecule has 2 rings (SSSR count). The van der Waals surface area contributed by atoms with Crippen molar-refractivity contribution in [1.29, 1.82) is 5.26 Å². The number of hydrogen-bond donors (Lipinski definition) is 0. The maximum absolute atomic E-state index is 12.5. The van der Waals surface area contributed by atoms with Crippen LogP contribution in [0.1, 0.15) is 18.9 Å². The molecule has 0 N–H and O–H groups in total. The van der Waals surface area contributed by atoms with E-state index in [1.165, 1.54) is 0 Å². The Balaban J connectivity index is 1.85. The summed E-state index contributed by atoms with van der Waals surface area (Å²) in [5, 5.41) is 8.61. The molecule has 0 saturated carbocycles. The van der Waals surface area contributed by atoms with Gasteiger partial charge in [0.05, 0.1) is 6.07 Å². The quantitative estimate of drug-likeness (QED) is 0.832. The van der Waals surface area contributed by atoms with Crippen molar-refractivity contribution < 1.29 is 9.53 Å². The first-order valence-electron chi connectivity index (χ1n) is 7.72. The second kappa shape index (κ2) is 7.81. The fourth-order valence-electron chi connectivity index (χ4n) is 2.59. The molecule has 0 aromatic heterocycles. The normalized spacial score (nSPS) is 16.9. The van der Waals surface area contributed by atoms with E-state index in [4.69, 9.17) is 10.00 Å². The molecule has 1 aliphatic rings. The third-order valence-corrected chi connectivity index (χ3v) is 3.97. The molecule has 0 aliphatic carbocycles. The van der Waals surface area contributed by atoms with Gasteiger partial charge >= 0.3 is 0 Å². The minimum absolute atomic E-state index is 0.0307. The minimum Gasteiger partial charge on any atom is -0.481 e. The standard InChI is InChI=1S/C17H23N3O2/c1-14-6-3-4-7-16(14)22-15(2)17(21)20-12-10-19(11-13-20)9-5-8-18/h3-4,6-7,15H,5,9-13H2,1-2H3. The van der Waals surface area contributed by atoms with Crippen LogP contribution in [0, 0.1) is 18.3 Å². The third kappa shape index (κ3) is 4.22. The zero-order valence-corrected chi connectivity index (χ0v) is 13.3. The maximum atomic E-state index is 12.5. The first kappa shape index (κ1) is 16.3. The highest BCUT2D eigenvalue weighted by Gasteiger charge is 2.26. The van der Waals surface area contributed by atoms with E-state index in [0.29, 0.717) is 19.5 Å². The number of rotatable bonds is 5. The predicted molar refractivity (Wildman–Crippen MR) is 84.5 cm³/mol. The average molecular weight is 301 g/mol. The highest BCUT2D eigenvalue weighted by molar-refractivity contribution is 5.81. The molecule has 1 fully saturated rings. The van der Waals surface area contributed by atoms with Crippen molar-refractivity contribution in [1.82, 2.24) is 9.80 Å². The summed E-state index contributed by atoms with van der Waals surface area (Å²) in [6, 6.07) is 9.88. The molecule has 0 bridgehead atoms. The lowest BCUT2D eigenvalue weighted by atomic mass is 10.2. The van der Waals surface area contributed by atoms with Crippen molar-refractivity contribution in [2.45, 2.75) is 26.4 Å². The van der Waals surface area contributed by atoms with Crippen molar-refractivity contribution in [3.05, 3.63) is 29.8 Å². The molecule has 1 aromatic rings. The van der Waals surface area contributed by atoms with Gasteiger partial charge in [-0.25, -0.2) is 0 Å². The van der Waals surface area contributed by atoms with Crippen molar-refractivity contribution in [2.75, 3.05) is 32.7 Å². The lowest BCUT2D eigenvalue weighted by Crippen LogP contribution is -2.51. The van der Waals surface area contributed by atoms with Gasteiger partial charge in [-0.05, 0) is 25.5 Å². The van der Waals surface area contributed by atoms with Crippen molar-refractivity contribution in [3.8, 4) is 11.8 Å². The van der Waals surface area contributed by atoms with Crippen LogP contribution >= 0.6 is 0 Å². The van der Waals surface area contributed by atoms with Gasteiger partial charge in [-0.15, -0.1) is 0 Å². The molecular weight excluding hydrogens is 278 g/mol. The van der Waals surface area contributed by atoms with E-state index < -0.39 is 6.10 Å². The SMILES string of the molecule is Cc1ccccc1OC(C)C(=O)N1CCN(CCC#N)CC1. The summed E-state index contributed by atoms with van der Waals surface area (Å²) in [5.41, 5.74) is 1.03. The number of hydrogen-bond acceptors (Lipinski definition) is 4. The van der Waals surface area contributed by atoms with Crippen LogP contribution in [0.2, 0.25) is 0 Å². The summed E-state index contributed by atoms with van der Waals surface area (Å²) in [6.07, 6.45) is 0.0626. The number of aryl methyl sites for hydroxylation is 1. The Kier molecular flexibility index (Phi) is 5.79. The summed E-state index contributed by atoms with van der Waals surface area (Å²) >= 11 is 0. The molecule has 0 radical (unpaired) electrons. The number of nitrogens with zero attached hydrogens (tertiary/aromatic N) is 3. The van der Waals surface area contributed by atoms with E-state index >= 15 is 0 Å². The topological polar surface area (TPSA) is 56.6 Å². The first-order valence-corrected chi connectivity index (χ1v) is 7.72. The molecule has 0 spiro atoms. The highest BCUT2D eigenvalue weighted by atomic mass is 16.5. The minimum atomic E-state index is -0.480. The lowest BCUT2D eigenvalue weighted by Gasteiger charge is -2.35. The molecule has 1 aliphatic heterocycles. The van der Waals surface area contributed by atoms with Crippen LogP contribution < -0.4 is 4.74 Å². The number of ether oxygens (including phenoxy) is 1. The molecule has 5 heteroatoms. The lowest BCUT2D eigenvalue weighted by molar-refractivity contribution is -0.139. The van der Waals surface area contributed by atoms with Gasteiger partial charge in [-0.1, -0.05) is 18.2 Å². The van der Waals surface area contributed by atoms with Crippen LogP contribution in [-0.2, 0) is 4.79 Å². The molecule has 1 heterocycles. The number of amides is 1. The van der Waals surface area contributed by atoms with Gasteiger partial charge in [0.15, 0.2) is 6.10 Å². The fraction of sp³-hybridized carbons (Fsp3) is 0.529. The molecule has 22 heavy (non-hydrogen) atoms. The van der Waals surface area contributed by atoms with E-state index in [-0.39, 0.29) is 5.91 Å². The van der Waals surface area contributed by atoms with Crippen LogP contribution in [0.3, 0.4) is 0 Å². The Bertz CT molecular complexity index is 545. The van der Waals surface area contributed by atoms with Crippen LogP contribution in [0.5, 0.6) is 5.75 Å². The van der Waals surface area contributed by atoms with Crippen LogP contribution in [0.25, 0.3) is 0 Å². The number of carbonyl (C=O) groups is 1. The van der Waals surface area contributed by atoms with Crippen LogP contribution in [0.15, 0.2) is 24.3 Å². The molecule has 5 nitrogen and oxygen atoms in total. The highest BCUT2D eigenvalue weighted by Crippen LogP contribution is 2.18. The molecule has 1 amide bonds. The van der Waals surface area contributed by atoms with Gasteiger partial charge in [0, 0.05) is 39.1 Å². The Labute approximate surface area is 132 Å². The molecule has 1 saturated heterocycles. The van der Waals surface area contributed by atoms with E-state index in [9.17, 15) is 4.79 Å². The zero-order chi connectivity index (χ0) is 15.9. The van der Waals surface area contributed by atoms with Crippen LogP contribution in [-0.4, -0.2) is 54.5 Å². The third-order valence-electron chi connectivity index (χ3n) is 3.97. The monoisotopic (exact) mass is 301 g/mol. The maximum Gasteiger partial charge on any atom is 0.263 e. The Morgan fingerprint density at radius 3 is 2.64 bits per heavy atom. The summed E-state index contributed by atoms with van der Waals surface area (Å²) in [5.74, 6) is 0.791. The molecule has 1 aromatic carbocycles. The first-order chi connectivity index (χ1) is 10.6. The van der Waals surface area contributed by atoms with Crippen molar-refractivity contribution in [3.63, 3.8) is 0 Å². The summed E-state index contributed by atoms with van der Waals surface area (Å²) in [7, 11) is 0. The average Bonchev–Trinajstić information content (AvgIpc) is 2.55. The summed E-state index contributed by atoms with van der Waals surface area (Å²) in [4.78, 5) is 16.5. The number of carbonyl (C=O) groups excluding carboxylic acids is 1. The van der Waals surface area contributed by atoms with Gasteiger partial charge in [-0.3, -0.25) is 9.69 Å². The van der Waals surface area contributed by atoms with Gasteiger partial charge in [0.1, 0.15) is 5.75 Å². The Hall–Kier alpha value is -2.06. The smallest absolute Gasteiger partial charge is 0.263 e. The number of benzene rings is 1. The number of piperazine rings is 1. The zero-order valence-electron chi connectivity index (χ0n) is 13.3.